The van der Waals surface area contributed by atoms with E-state index in [0.717, 1.165) is 18.4 Å². The third-order valence-corrected chi connectivity index (χ3v) is 2.91. The van der Waals surface area contributed by atoms with Crippen molar-refractivity contribution in [2.75, 3.05) is 0 Å². The van der Waals surface area contributed by atoms with E-state index in [1.54, 1.807) is 6.08 Å². The molecular formula is C11H11NO2. The Kier molecular flexibility index (Phi) is 2.12. The molecule has 0 radical (unpaired) electrons. The Morgan fingerprint density at radius 1 is 1.43 bits per heavy atom. The van der Waals surface area contributed by atoms with E-state index in [-0.39, 0.29) is 11.4 Å². The van der Waals surface area contributed by atoms with Crippen LogP contribution in [0, 0.1) is 17.2 Å². The summed E-state index contributed by atoms with van der Waals surface area (Å²) in [6, 6.07) is 1.95. The van der Waals surface area contributed by atoms with Gasteiger partial charge in [0.1, 0.15) is 6.07 Å². The summed E-state index contributed by atoms with van der Waals surface area (Å²) in [6.07, 6.45) is 4.43. The van der Waals surface area contributed by atoms with E-state index >= 15 is 0 Å². The average molecular weight is 189 g/mol. The lowest BCUT2D eigenvalue weighted by molar-refractivity contribution is -0.115. The van der Waals surface area contributed by atoms with Crippen molar-refractivity contribution >= 4 is 5.78 Å². The number of fused-ring (bicyclic) bond motifs is 1. The number of rotatable bonds is 0. The number of allylic oxidation sites excluding steroid dienone is 4. The van der Waals surface area contributed by atoms with E-state index in [9.17, 15) is 9.90 Å². The standard InChI is InChI=1S/C11H11NO2/c12-6-10-9-5-8(13)3-1-7(9)2-4-11(10)14/h5,7,13H,1-4H2. The van der Waals surface area contributed by atoms with E-state index in [1.165, 1.54) is 0 Å². The van der Waals surface area contributed by atoms with E-state index in [0.29, 0.717) is 24.5 Å². The number of aliphatic hydroxyl groups excluding tert-OH is 1. The van der Waals surface area contributed by atoms with Crippen molar-refractivity contribution in [2.24, 2.45) is 5.92 Å². The molecule has 0 aromatic rings. The van der Waals surface area contributed by atoms with Gasteiger partial charge in [0.2, 0.25) is 0 Å². The highest BCUT2D eigenvalue weighted by Crippen LogP contribution is 2.36. The minimum Gasteiger partial charge on any atom is -0.512 e. The molecule has 0 aliphatic heterocycles. The monoisotopic (exact) mass is 189 g/mol. The average Bonchev–Trinajstić information content (AvgIpc) is 2.17. The lowest BCUT2D eigenvalue weighted by atomic mass is 9.77. The summed E-state index contributed by atoms with van der Waals surface area (Å²) in [5.74, 6) is 0.515. The summed E-state index contributed by atoms with van der Waals surface area (Å²) in [7, 11) is 0. The second-order valence-corrected chi connectivity index (χ2v) is 3.78. The highest BCUT2D eigenvalue weighted by atomic mass is 16.3. The molecule has 0 aromatic heterocycles. The maximum absolute atomic E-state index is 11.4. The lowest BCUT2D eigenvalue weighted by Crippen LogP contribution is -2.20. The summed E-state index contributed by atoms with van der Waals surface area (Å²) in [5, 5.41) is 18.2. The molecule has 0 fully saturated rings. The molecule has 72 valence electrons. The number of nitrogens with zero attached hydrogens (tertiary/aromatic N) is 1. The zero-order valence-corrected chi connectivity index (χ0v) is 7.79. The van der Waals surface area contributed by atoms with Gasteiger partial charge in [-0.05, 0) is 30.4 Å². The van der Waals surface area contributed by atoms with Crippen LogP contribution in [0.2, 0.25) is 0 Å². The first-order valence-electron chi connectivity index (χ1n) is 4.79. The van der Waals surface area contributed by atoms with Gasteiger partial charge in [-0.1, -0.05) is 0 Å². The van der Waals surface area contributed by atoms with Gasteiger partial charge in [-0.25, -0.2) is 0 Å². The number of ketones is 1. The van der Waals surface area contributed by atoms with Crippen LogP contribution in [0.25, 0.3) is 0 Å². The largest absolute Gasteiger partial charge is 0.512 e. The molecule has 0 spiro atoms. The molecule has 3 nitrogen and oxygen atoms in total. The number of carbonyl (C=O) groups is 1. The minimum atomic E-state index is -0.0790. The Hall–Kier alpha value is -1.56. The Morgan fingerprint density at radius 2 is 2.14 bits per heavy atom. The third-order valence-electron chi connectivity index (χ3n) is 2.91. The van der Waals surface area contributed by atoms with Crippen molar-refractivity contribution in [3.63, 3.8) is 0 Å². The van der Waals surface area contributed by atoms with E-state index in [4.69, 9.17) is 5.26 Å². The topological polar surface area (TPSA) is 61.1 Å². The van der Waals surface area contributed by atoms with Crippen LogP contribution in [-0.2, 0) is 4.79 Å². The van der Waals surface area contributed by atoms with Crippen molar-refractivity contribution in [1.29, 1.82) is 5.26 Å². The first-order valence-corrected chi connectivity index (χ1v) is 4.79. The fraction of sp³-hybridized carbons (Fsp3) is 0.455. The highest BCUT2D eigenvalue weighted by molar-refractivity contribution is 6.01. The number of hydrogen-bond acceptors (Lipinski definition) is 3. The van der Waals surface area contributed by atoms with Gasteiger partial charge in [-0.2, -0.15) is 5.26 Å². The molecule has 1 atom stereocenters. The van der Waals surface area contributed by atoms with Crippen LogP contribution in [0.5, 0.6) is 0 Å². The van der Waals surface area contributed by atoms with Gasteiger partial charge in [-0.3, -0.25) is 4.79 Å². The Morgan fingerprint density at radius 3 is 2.86 bits per heavy atom. The predicted molar refractivity (Wildman–Crippen MR) is 50.3 cm³/mol. The van der Waals surface area contributed by atoms with Gasteiger partial charge in [0.15, 0.2) is 5.78 Å². The molecule has 0 aromatic carbocycles. The SMILES string of the molecule is N#CC1=C2C=C(O)CCC2CCC1=O. The molecular weight excluding hydrogens is 178 g/mol. The van der Waals surface area contributed by atoms with Crippen LogP contribution in [0.15, 0.2) is 23.0 Å². The van der Waals surface area contributed by atoms with E-state index < -0.39 is 0 Å². The number of Topliss-reactive ketones (excluding diaryl/α,β-unsaturated/α-hetero) is 1. The van der Waals surface area contributed by atoms with E-state index in [1.807, 2.05) is 6.07 Å². The highest BCUT2D eigenvalue weighted by Gasteiger charge is 2.29. The van der Waals surface area contributed by atoms with Crippen molar-refractivity contribution in [3.05, 3.63) is 23.0 Å². The number of hydrogen-bond donors (Lipinski definition) is 1. The zero-order chi connectivity index (χ0) is 10.1. The molecule has 3 heteroatoms. The molecule has 2 rings (SSSR count). The van der Waals surface area contributed by atoms with Gasteiger partial charge in [-0.15, -0.1) is 0 Å². The first-order chi connectivity index (χ1) is 6.72. The number of nitriles is 1. The van der Waals surface area contributed by atoms with Gasteiger partial charge >= 0.3 is 0 Å². The second kappa shape index (κ2) is 3.30. The lowest BCUT2D eigenvalue weighted by Gasteiger charge is -2.26. The van der Waals surface area contributed by atoms with Crippen LogP contribution in [0.1, 0.15) is 25.7 Å². The maximum atomic E-state index is 11.4. The summed E-state index contributed by atoms with van der Waals surface area (Å²) in [4.78, 5) is 11.4. The fourth-order valence-electron chi connectivity index (χ4n) is 2.14. The zero-order valence-electron chi connectivity index (χ0n) is 7.79. The fourth-order valence-corrected chi connectivity index (χ4v) is 2.14. The summed E-state index contributed by atoms with van der Waals surface area (Å²) < 4.78 is 0. The molecule has 2 aliphatic rings. The summed E-state index contributed by atoms with van der Waals surface area (Å²) in [5.41, 5.74) is 1.01. The Balaban J connectivity index is 2.51. The molecule has 2 aliphatic carbocycles. The molecule has 0 heterocycles. The van der Waals surface area contributed by atoms with Crippen LogP contribution >= 0.6 is 0 Å². The van der Waals surface area contributed by atoms with Crippen LogP contribution < -0.4 is 0 Å². The van der Waals surface area contributed by atoms with Crippen molar-refractivity contribution in [2.45, 2.75) is 25.7 Å². The smallest absolute Gasteiger partial charge is 0.173 e. The summed E-state index contributed by atoms with van der Waals surface area (Å²) >= 11 is 0. The predicted octanol–water partition coefficient (Wildman–Crippen LogP) is 2.02. The number of aliphatic hydroxyl groups is 1. The third kappa shape index (κ3) is 1.33. The molecule has 1 unspecified atom stereocenters. The maximum Gasteiger partial charge on any atom is 0.173 e. The van der Waals surface area contributed by atoms with Crippen molar-refractivity contribution in [1.82, 2.24) is 0 Å². The molecule has 0 amide bonds. The van der Waals surface area contributed by atoms with Gasteiger partial charge in [0.05, 0.1) is 11.3 Å². The van der Waals surface area contributed by atoms with Crippen LogP contribution in [0.3, 0.4) is 0 Å². The summed E-state index contributed by atoms with van der Waals surface area (Å²) in [6.45, 7) is 0. The van der Waals surface area contributed by atoms with Gasteiger partial charge in [0, 0.05) is 12.8 Å². The Bertz CT molecular complexity index is 385. The normalized spacial score (nSPS) is 26.6. The van der Waals surface area contributed by atoms with Crippen molar-refractivity contribution in [3.8, 4) is 6.07 Å². The Labute approximate surface area is 82.3 Å². The van der Waals surface area contributed by atoms with E-state index in [2.05, 4.69) is 0 Å². The minimum absolute atomic E-state index is 0.0790. The number of carbonyl (C=O) groups excluding carboxylic acids is 1. The second-order valence-electron chi connectivity index (χ2n) is 3.78. The first kappa shape index (κ1) is 9.01. The van der Waals surface area contributed by atoms with Crippen molar-refractivity contribution < 1.29 is 9.90 Å². The molecule has 0 saturated heterocycles. The van der Waals surface area contributed by atoms with Gasteiger partial charge < -0.3 is 5.11 Å². The molecule has 0 saturated carbocycles. The van der Waals surface area contributed by atoms with Crippen LogP contribution in [-0.4, -0.2) is 10.9 Å². The van der Waals surface area contributed by atoms with Gasteiger partial charge in [0.25, 0.3) is 0 Å². The molecule has 14 heavy (non-hydrogen) atoms. The molecule has 0 bridgehead atoms. The molecule has 1 N–H and O–H groups in total. The quantitative estimate of drug-likeness (QED) is 0.634. The van der Waals surface area contributed by atoms with Crippen LogP contribution in [0.4, 0.5) is 0 Å².